The van der Waals surface area contributed by atoms with E-state index in [2.05, 4.69) is 99.8 Å². The summed E-state index contributed by atoms with van der Waals surface area (Å²) in [6.45, 7) is 6.30. The SMILES string of the molecule is CC/C=C/C=C/C=C/CCCCCCCC(=O)OCC(COC(=O)CCCCC/C=C/CCCCCCCCC)OC(=O)CCCCCCC/C=C/C=C/C=C/CC. The molecule has 0 saturated heterocycles. The molecule has 0 saturated carbocycles. The lowest BCUT2D eigenvalue weighted by molar-refractivity contribution is -0.167. The van der Waals surface area contributed by atoms with Crippen molar-refractivity contribution >= 4 is 17.9 Å². The van der Waals surface area contributed by atoms with Gasteiger partial charge in [-0.1, -0.05) is 189 Å². The van der Waals surface area contributed by atoms with Crippen LogP contribution < -0.4 is 0 Å². The van der Waals surface area contributed by atoms with Crippen LogP contribution in [0.25, 0.3) is 0 Å². The molecule has 58 heavy (non-hydrogen) atoms. The molecule has 0 amide bonds. The molecule has 0 aliphatic carbocycles. The van der Waals surface area contributed by atoms with Crippen LogP contribution in [0.2, 0.25) is 0 Å². The fourth-order valence-corrected chi connectivity index (χ4v) is 6.20. The van der Waals surface area contributed by atoms with E-state index in [0.29, 0.717) is 19.3 Å². The average Bonchev–Trinajstić information content (AvgIpc) is 3.22. The zero-order valence-electron chi connectivity index (χ0n) is 37.5. The number of esters is 3. The highest BCUT2D eigenvalue weighted by atomic mass is 16.6. The second-order valence-electron chi connectivity index (χ2n) is 15.4. The van der Waals surface area contributed by atoms with Crippen molar-refractivity contribution in [3.63, 3.8) is 0 Å². The molecule has 6 nitrogen and oxygen atoms in total. The van der Waals surface area contributed by atoms with Gasteiger partial charge in [-0.15, -0.1) is 0 Å². The lowest BCUT2D eigenvalue weighted by atomic mass is 10.1. The number of allylic oxidation sites excluding steroid dienone is 14. The van der Waals surface area contributed by atoms with E-state index in [1.165, 1.54) is 44.9 Å². The first-order chi connectivity index (χ1) is 28.5. The molecule has 0 aliphatic heterocycles. The lowest BCUT2D eigenvalue weighted by Crippen LogP contribution is -2.30. The summed E-state index contributed by atoms with van der Waals surface area (Å²) in [5.74, 6) is -0.963. The third-order valence-corrected chi connectivity index (χ3v) is 9.74. The fourth-order valence-electron chi connectivity index (χ4n) is 6.20. The summed E-state index contributed by atoms with van der Waals surface area (Å²) in [6.07, 6.45) is 58.5. The number of unbranched alkanes of at least 4 members (excludes halogenated alkanes) is 20. The predicted octanol–water partition coefficient (Wildman–Crippen LogP) is 15.3. The minimum absolute atomic E-state index is 0.101. The highest BCUT2D eigenvalue weighted by molar-refractivity contribution is 5.71. The van der Waals surface area contributed by atoms with Crippen molar-refractivity contribution in [1.82, 2.24) is 0 Å². The first kappa shape index (κ1) is 54.6. The Balaban J connectivity index is 4.48. The third kappa shape index (κ3) is 43.7. The van der Waals surface area contributed by atoms with E-state index in [1.807, 2.05) is 6.08 Å². The molecule has 0 radical (unpaired) electrons. The molecule has 0 rings (SSSR count). The van der Waals surface area contributed by atoms with E-state index >= 15 is 0 Å². The Bertz CT molecular complexity index is 1160. The molecular formula is C52H86O6. The van der Waals surface area contributed by atoms with Gasteiger partial charge in [-0.2, -0.15) is 0 Å². The quantitative estimate of drug-likeness (QED) is 0.0201. The molecule has 0 aliphatic rings. The van der Waals surface area contributed by atoms with E-state index in [1.54, 1.807) is 0 Å². The number of rotatable bonds is 41. The van der Waals surface area contributed by atoms with Crippen LogP contribution in [0.5, 0.6) is 0 Å². The highest BCUT2D eigenvalue weighted by Crippen LogP contribution is 2.13. The van der Waals surface area contributed by atoms with Gasteiger partial charge >= 0.3 is 17.9 Å². The Morgan fingerprint density at radius 1 is 0.362 bits per heavy atom. The molecule has 330 valence electrons. The van der Waals surface area contributed by atoms with Gasteiger partial charge < -0.3 is 14.2 Å². The molecule has 0 aromatic rings. The zero-order valence-corrected chi connectivity index (χ0v) is 37.5. The van der Waals surface area contributed by atoms with E-state index in [9.17, 15) is 14.4 Å². The van der Waals surface area contributed by atoms with Gasteiger partial charge in [-0.05, 0) is 83.5 Å². The molecule has 0 fully saturated rings. The standard InChI is InChI=1S/C52H86O6/c1-4-7-10-13-16-19-22-25-28-30-33-36-39-42-45-51(54)57-48-49(58-52(55)46-43-40-37-34-31-27-24-21-18-15-12-9-6-3)47-56-50(53)44-41-38-35-32-29-26-23-20-17-14-11-8-5-2/h8-9,11-12,14-15,17-18,20-21,23-24,28,30,49H,4-7,10,13,16,19,22,25-27,29,31-48H2,1-3H3/b11-8+,12-9+,17-14+,18-15+,23-20+,24-21+,30-28+. The summed E-state index contributed by atoms with van der Waals surface area (Å²) < 4.78 is 16.7. The highest BCUT2D eigenvalue weighted by Gasteiger charge is 2.19. The van der Waals surface area contributed by atoms with Gasteiger partial charge in [0.1, 0.15) is 13.2 Å². The molecule has 0 aromatic heterocycles. The molecule has 0 heterocycles. The van der Waals surface area contributed by atoms with Crippen molar-refractivity contribution in [2.24, 2.45) is 0 Å². The number of ether oxygens (including phenoxy) is 3. The molecule has 0 bridgehead atoms. The predicted molar refractivity (Wildman–Crippen MR) is 247 cm³/mol. The van der Waals surface area contributed by atoms with Gasteiger partial charge in [0.15, 0.2) is 6.10 Å². The molecular weight excluding hydrogens is 721 g/mol. The minimum Gasteiger partial charge on any atom is -0.462 e. The van der Waals surface area contributed by atoms with Crippen molar-refractivity contribution in [2.75, 3.05) is 13.2 Å². The van der Waals surface area contributed by atoms with Crippen LogP contribution in [0.15, 0.2) is 85.1 Å². The second-order valence-corrected chi connectivity index (χ2v) is 15.4. The van der Waals surface area contributed by atoms with Crippen molar-refractivity contribution in [1.29, 1.82) is 0 Å². The second kappa shape index (κ2) is 46.3. The van der Waals surface area contributed by atoms with E-state index in [-0.39, 0.29) is 31.1 Å². The third-order valence-electron chi connectivity index (χ3n) is 9.74. The average molecular weight is 807 g/mol. The normalized spacial score (nSPS) is 12.8. The Morgan fingerprint density at radius 3 is 1.10 bits per heavy atom. The van der Waals surface area contributed by atoms with Crippen molar-refractivity contribution in [3.05, 3.63) is 85.1 Å². The lowest BCUT2D eigenvalue weighted by Gasteiger charge is -2.18. The summed E-state index contributed by atoms with van der Waals surface area (Å²) in [5, 5.41) is 0. The Morgan fingerprint density at radius 2 is 0.690 bits per heavy atom. The Labute approximate surface area is 356 Å². The first-order valence-electron chi connectivity index (χ1n) is 23.7. The Kier molecular flexibility index (Phi) is 43.6. The fraction of sp³-hybridized carbons (Fsp3) is 0.673. The van der Waals surface area contributed by atoms with Crippen LogP contribution in [0, 0.1) is 0 Å². The molecule has 1 atom stereocenters. The maximum absolute atomic E-state index is 12.7. The van der Waals surface area contributed by atoms with E-state index in [0.717, 1.165) is 122 Å². The van der Waals surface area contributed by atoms with E-state index < -0.39 is 6.10 Å². The van der Waals surface area contributed by atoms with Gasteiger partial charge in [0.25, 0.3) is 0 Å². The number of carbonyl (C=O) groups excluding carboxylic acids is 3. The summed E-state index contributed by atoms with van der Waals surface area (Å²) in [6, 6.07) is 0. The van der Waals surface area contributed by atoms with Crippen LogP contribution in [0.4, 0.5) is 0 Å². The van der Waals surface area contributed by atoms with Gasteiger partial charge in [0.05, 0.1) is 0 Å². The van der Waals surface area contributed by atoms with Crippen LogP contribution in [0.3, 0.4) is 0 Å². The molecule has 6 heteroatoms. The van der Waals surface area contributed by atoms with Gasteiger partial charge in [-0.3, -0.25) is 14.4 Å². The van der Waals surface area contributed by atoms with Crippen molar-refractivity contribution in [2.45, 2.75) is 213 Å². The summed E-state index contributed by atoms with van der Waals surface area (Å²) in [5.41, 5.74) is 0. The number of hydrogen-bond acceptors (Lipinski definition) is 6. The van der Waals surface area contributed by atoms with Gasteiger partial charge in [0, 0.05) is 19.3 Å². The number of hydrogen-bond donors (Lipinski definition) is 0. The van der Waals surface area contributed by atoms with Crippen molar-refractivity contribution in [3.8, 4) is 0 Å². The molecule has 0 aromatic carbocycles. The largest absolute Gasteiger partial charge is 0.462 e. The monoisotopic (exact) mass is 807 g/mol. The number of carbonyl (C=O) groups is 3. The Hall–Kier alpha value is -3.41. The van der Waals surface area contributed by atoms with Gasteiger partial charge in [0.2, 0.25) is 0 Å². The maximum Gasteiger partial charge on any atom is 0.306 e. The smallest absolute Gasteiger partial charge is 0.306 e. The van der Waals surface area contributed by atoms with Crippen LogP contribution in [-0.2, 0) is 28.6 Å². The summed E-state index contributed by atoms with van der Waals surface area (Å²) in [7, 11) is 0. The van der Waals surface area contributed by atoms with Crippen molar-refractivity contribution < 1.29 is 28.6 Å². The minimum atomic E-state index is -0.800. The topological polar surface area (TPSA) is 78.9 Å². The van der Waals surface area contributed by atoms with Gasteiger partial charge in [-0.25, -0.2) is 0 Å². The van der Waals surface area contributed by atoms with Crippen LogP contribution >= 0.6 is 0 Å². The van der Waals surface area contributed by atoms with Crippen LogP contribution in [0.1, 0.15) is 207 Å². The summed E-state index contributed by atoms with van der Waals surface area (Å²) in [4.78, 5) is 37.8. The molecule has 1 unspecified atom stereocenters. The first-order valence-corrected chi connectivity index (χ1v) is 23.7. The molecule has 0 N–H and O–H groups in total. The zero-order chi connectivity index (χ0) is 42.3. The molecule has 0 spiro atoms. The summed E-state index contributed by atoms with van der Waals surface area (Å²) >= 11 is 0. The van der Waals surface area contributed by atoms with Crippen LogP contribution in [-0.4, -0.2) is 37.2 Å². The van der Waals surface area contributed by atoms with E-state index in [4.69, 9.17) is 14.2 Å². The maximum atomic E-state index is 12.7.